The number of carbonyl (C=O) groups excluding carboxylic acids is 1. The summed E-state index contributed by atoms with van der Waals surface area (Å²) in [5.74, 6) is 1.01. The number of carbonyl (C=O) groups is 1. The number of hydrogen-bond acceptors (Lipinski definition) is 8. The number of aliphatic hydroxyl groups is 1. The van der Waals surface area contributed by atoms with Gasteiger partial charge in [0, 0.05) is 38.6 Å². The molecule has 2 aliphatic rings. The first-order chi connectivity index (χ1) is 17.0. The Morgan fingerprint density at radius 1 is 1.22 bits per heavy atom. The highest BCUT2D eigenvalue weighted by atomic mass is 19.1. The van der Waals surface area contributed by atoms with E-state index in [2.05, 4.69) is 62.0 Å². The molecule has 1 saturated heterocycles. The lowest BCUT2D eigenvalue weighted by Gasteiger charge is -2.34. The second kappa shape index (κ2) is 16.3. The van der Waals surface area contributed by atoms with Crippen molar-refractivity contribution in [2.75, 3.05) is 44.7 Å². The molecule has 202 valence electrons. The first-order valence-corrected chi connectivity index (χ1v) is 11.6. The number of nitrogens with zero attached hydrogens (tertiary/aromatic N) is 4. The van der Waals surface area contributed by atoms with Gasteiger partial charge in [0.25, 0.3) is 0 Å². The Morgan fingerprint density at radius 3 is 2.49 bits per heavy atom. The largest absolute Gasteiger partial charge is 0.388 e. The minimum atomic E-state index is -0.509. The second-order valence-electron chi connectivity index (χ2n) is 8.67. The predicted molar refractivity (Wildman–Crippen MR) is 136 cm³/mol. The van der Waals surface area contributed by atoms with Crippen molar-refractivity contribution in [3.63, 3.8) is 0 Å². The van der Waals surface area contributed by atoms with E-state index in [9.17, 15) is 9.18 Å². The number of benzene rings is 1. The van der Waals surface area contributed by atoms with E-state index in [0.717, 1.165) is 58.0 Å². The number of aromatic nitrogens is 2. The average Bonchev–Trinajstić information content (AvgIpc) is 3.31. The smallest absolute Gasteiger partial charge is 0.225 e. The molecule has 2 aromatic rings. The van der Waals surface area contributed by atoms with Crippen LogP contribution in [0, 0.1) is 18.2 Å². The van der Waals surface area contributed by atoms with Crippen LogP contribution in [-0.4, -0.2) is 70.8 Å². The standard InChI is InChI=1S/C24H30N4O2.C2HFO2.2FH/c1-27(11-10-20-7-6-19-4-2-3-5-22(19)20)16-18-8-12-28(13-9-18)24-25-14-21(15-26-24)23(30)17-29;3-1-2-5-4;;/h2-5,7,14-15,18,29H,6,8-13,16-17H2,1H3;4H;2*1H. The molecular formula is C26H33F3N4O4. The summed E-state index contributed by atoms with van der Waals surface area (Å²) in [6, 6.07) is 8.75. The van der Waals surface area contributed by atoms with Gasteiger partial charge in [-0.2, -0.15) is 5.26 Å². The van der Waals surface area contributed by atoms with Gasteiger partial charge in [0.05, 0.1) is 5.56 Å². The van der Waals surface area contributed by atoms with Crippen LogP contribution >= 0.6 is 0 Å². The number of Topliss-reactive ketones (excluding diaryl/α,β-unsaturated/α-hetero) is 1. The summed E-state index contributed by atoms with van der Waals surface area (Å²) in [6.07, 6.45) is 11.9. The molecule has 8 nitrogen and oxygen atoms in total. The highest BCUT2D eigenvalue weighted by Gasteiger charge is 2.22. The Kier molecular flexibility index (Phi) is 13.9. The zero-order chi connectivity index (χ0) is 25.0. The molecule has 0 saturated carbocycles. The molecule has 0 spiro atoms. The van der Waals surface area contributed by atoms with Crippen LogP contribution in [0.3, 0.4) is 0 Å². The molecule has 2 N–H and O–H groups in total. The van der Waals surface area contributed by atoms with E-state index in [-0.39, 0.29) is 15.2 Å². The molecule has 1 aromatic carbocycles. The summed E-state index contributed by atoms with van der Waals surface area (Å²) in [6.45, 7) is 3.57. The molecule has 0 bridgehead atoms. The van der Waals surface area contributed by atoms with Crippen LogP contribution in [0.15, 0.2) is 42.7 Å². The van der Waals surface area contributed by atoms with E-state index in [1.165, 1.54) is 35.2 Å². The van der Waals surface area contributed by atoms with Crippen LogP contribution in [0.25, 0.3) is 5.57 Å². The van der Waals surface area contributed by atoms with Crippen molar-refractivity contribution in [1.29, 1.82) is 0 Å². The minimum absolute atomic E-state index is 0. The third-order valence-electron chi connectivity index (χ3n) is 6.35. The van der Waals surface area contributed by atoms with E-state index >= 15 is 0 Å². The number of fused-ring (bicyclic) bond motifs is 1. The molecule has 0 unspecified atom stereocenters. The predicted octanol–water partition coefficient (Wildman–Crippen LogP) is 3.50. The van der Waals surface area contributed by atoms with Crippen molar-refractivity contribution >= 4 is 17.3 Å². The topological polar surface area (TPSA) is 99.0 Å². The fourth-order valence-electron chi connectivity index (χ4n) is 4.49. The number of rotatable bonds is 8. The van der Waals surface area contributed by atoms with Gasteiger partial charge < -0.3 is 14.9 Å². The molecule has 2 heterocycles. The molecule has 0 atom stereocenters. The number of piperidine rings is 1. The molecule has 4 rings (SSSR count). The van der Waals surface area contributed by atoms with Crippen molar-refractivity contribution in [2.45, 2.75) is 25.7 Å². The van der Waals surface area contributed by atoms with Crippen molar-refractivity contribution in [3.05, 3.63) is 59.4 Å². The molecule has 1 aliphatic heterocycles. The lowest BCUT2D eigenvalue weighted by molar-refractivity contribution is -0.172. The molecule has 1 aliphatic carbocycles. The monoisotopic (exact) mass is 522 g/mol. The van der Waals surface area contributed by atoms with Gasteiger partial charge in [-0.3, -0.25) is 19.1 Å². The van der Waals surface area contributed by atoms with Gasteiger partial charge in [0.1, 0.15) is 6.61 Å². The summed E-state index contributed by atoms with van der Waals surface area (Å²) in [5, 5.41) is 16.1. The number of halogens is 3. The quantitative estimate of drug-likeness (QED) is 0.235. The zero-order valence-electron chi connectivity index (χ0n) is 20.7. The van der Waals surface area contributed by atoms with Gasteiger partial charge in [-0.05, 0) is 55.3 Å². The lowest BCUT2D eigenvalue weighted by atomic mass is 9.96. The summed E-state index contributed by atoms with van der Waals surface area (Å²) >= 11 is 0. The Bertz CT molecular complexity index is 1070. The van der Waals surface area contributed by atoms with Crippen molar-refractivity contribution in [2.24, 2.45) is 5.92 Å². The molecular weight excluding hydrogens is 489 g/mol. The van der Waals surface area contributed by atoms with Crippen LogP contribution in [0.4, 0.5) is 19.7 Å². The SMILES string of the molecule is CN(CCC1=CCc2ccccc21)CC1CCN(c2ncc(C(=O)CO)cn2)CC1.F.F.OOC#CF. The average molecular weight is 523 g/mol. The number of allylic oxidation sites excluding steroid dienone is 1. The molecule has 37 heavy (non-hydrogen) atoms. The van der Waals surface area contributed by atoms with E-state index in [0.29, 0.717) is 17.4 Å². The van der Waals surface area contributed by atoms with Gasteiger partial charge >= 0.3 is 0 Å². The fourth-order valence-corrected chi connectivity index (χ4v) is 4.49. The molecule has 11 heteroatoms. The van der Waals surface area contributed by atoms with E-state index in [1.54, 1.807) is 0 Å². The van der Waals surface area contributed by atoms with Crippen LogP contribution < -0.4 is 4.90 Å². The molecule has 1 fully saturated rings. The van der Waals surface area contributed by atoms with Crippen molar-refractivity contribution in [3.8, 4) is 12.3 Å². The maximum Gasteiger partial charge on any atom is 0.225 e. The number of aliphatic hydroxyl groups excluding tert-OH is 1. The summed E-state index contributed by atoms with van der Waals surface area (Å²) in [7, 11) is 2.23. The number of anilines is 1. The normalized spacial score (nSPS) is 14.1. The van der Waals surface area contributed by atoms with Gasteiger partial charge in [0.15, 0.2) is 18.1 Å². The van der Waals surface area contributed by atoms with E-state index in [1.807, 2.05) is 0 Å². The summed E-state index contributed by atoms with van der Waals surface area (Å²) < 4.78 is 10.3. The second-order valence-corrected chi connectivity index (χ2v) is 8.67. The van der Waals surface area contributed by atoms with Crippen LogP contribution in [0.5, 0.6) is 0 Å². The molecule has 1 aromatic heterocycles. The number of ketones is 1. The van der Waals surface area contributed by atoms with Gasteiger partial charge in [0.2, 0.25) is 5.95 Å². The van der Waals surface area contributed by atoms with Crippen molar-refractivity contribution in [1.82, 2.24) is 14.9 Å². The van der Waals surface area contributed by atoms with Crippen LogP contribution in [-0.2, 0) is 11.3 Å². The maximum absolute atomic E-state index is 11.5. The van der Waals surface area contributed by atoms with Crippen molar-refractivity contribution < 1.29 is 33.8 Å². The third-order valence-corrected chi connectivity index (χ3v) is 6.35. The van der Waals surface area contributed by atoms with Crippen LogP contribution in [0.1, 0.15) is 40.7 Å². The highest BCUT2D eigenvalue weighted by Crippen LogP contribution is 2.29. The van der Waals surface area contributed by atoms with Crippen LogP contribution in [0.2, 0.25) is 0 Å². The Hall–Kier alpha value is -3.46. The first-order valence-electron chi connectivity index (χ1n) is 11.6. The zero-order valence-corrected chi connectivity index (χ0v) is 20.7. The molecule has 0 radical (unpaired) electrons. The maximum atomic E-state index is 11.5. The van der Waals surface area contributed by atoms with Gasteiger partial charge in [-0.25, -0.2) is 9.97 Å². The summed E-state index contributed by atoms with van der Waals surface area (Å²) in [5.41, 5.74) is 4.75. The Labute approximate surface area is 214 Å². The Balaban J connectivity index is 0.000000895. The lowest BCUT2D eigenvalue weighted by Crippen LogP contribution is -2.38. The highest BCUT2D eigenvalue weighted by molar-refractivity contribution is 5.96. The minimum Gasteiger partial charge on any atom is -0.388 e. The van der Waals surface area contributed by atoms with E-state index < -0.39 is 6.61 Å². The summed E-state index contributed by atoms with van der Waals surface area (Å²) in [4.78, 5) is 27.7. The first kappa shape index (κ1) is 31.6. The fraction of sp³-hybridized carbons (Fsp3) is 0.423. The van der Waals surface area contributed by atoms with Gasteiger partial charge in [-0.1, -0.05) is 30.3 Å². The third kappa shape index (κ3) is 9.17. The number of hydrogen-bond donors (Lipinski definition) is 2. The molecule has 0 amide bonds. The van der Waals surface area contributed by atoms with Gasteiger partial charge in [-0.15, -0.1) is 4.39 Å². The van der Waals surface area contributed by atoms with E-state index in [4.69, 9.17) is 10.4 Å². The Morgan fingerprint density at radius 2 is 1.89 bits per heavy atom.